The van der Waals surface area contributed by atoms with Crippen molar-refractivity contribution in [2.45, 2.75) is 91.9 Å². The summed E-state index contributed by atoms with van der Waals surface area (Å²) in [6.07, 6.45) is 4.86. The van der Waals surface area contributed by atoms with Crippen molar-refractivity contribution in [2.75, 3.05) is 0 Å². The Labute approximate surface area is 205 Å². The van der Waals surface area contributed by atoms with E-state index in [4.69, 9.17) is 0 Å². The highest BCUT2D eigenvalue weighted by molar-refractivity contribution is 6.10. The number of unbranched alkanes of at least 4 members (excludes halogenated alkanes) is 2. The summed E-state index contributed by atoms with van der Waals surface area (Å²) < 4.78 is 2.27. The second-order valence-corrected chi connectivity index (χ2v) is 11.8. The highest BCUT2D eigenvalue weighted by Gasteiger charge is 2.25. The first-order valence-corrected chi connectivity index (χ1v) is 12.8. The molecular weight excluding hydrogens is 414 g/mol. The zero-order valence-corrected chi connectivity index (χ0v) is 22.3. The molecule has 1 N–H and O–H groups in total. The first kappa shape index (κ1) is 24.4. The van der Waals surface area contributed by atoms with Crippen molar-refractivity contribution in [1.82, 2.24) is 4.57 Å². The maximum Gasteiger partial charge on any atom is 0.142 e. The molecule has 0 fully saturated rings. The van der Waals surface area contributed by atoms with Crippen LogP contribution in [0, 0.1) is 13.8 Å². The first-order chi connectivity index (χ1) is 15.9. The minimum Gasteiger partial charge on any atom is -0.505 e. The number of aromatic hydroxyl groups is 1. The lowest BCUT2D eigenvalue weighted by molar-refractivity contribution is 0.444. The zero-order chi connectivity index (χ0) is 24.8. The van der Waals surface area contributed by atoms with Crippen LogP contribution in [-0.2, 0) is 10.8 Å². The van der Waals surface area contributed by atoms with Gasteiger partial charge in [-0.1, -0.05) is 84.6 Å². The van der Waals surface area contributed by atoms with Gasteiger partial charge in [-0.15, -0.1) is 0 Å². The van der Waals surface area contributed by atoms with Gasteiger partial charge in [-0.05, 0) is 78.1 Å². The van der Waals surface area contributed by atoms with Gasteiger partial charge in [0.2, 0.25) is 0 Å². The summed E-state index contributed by atoms with van der Waals surface area (Å²) in [5, 5.41) is 13.8. The van der Waals surface area contributed by atoms with Crippen molar-refractivity contribution < 1.29 is 5.11 Å². The molecule has 4 aromatic rings. The van der Waals surface area contributed by atoms with E-state index in [0.29, 0.717) is 5.75 Å². The van der Waals surface area contributed by atoms with Crippen LogP contribution in [0.4, 0.5) is 0 Å². The molecule has 0 radical (unpaired) electrons. The number of aryl methyl sites for hydroxylation is 2. The van der Waals surface area contributed by atoms with Crippen LogP contribution in [0.2, 0.25) is 0 Å². The Morgan fingerprint density at radius 1 is 0.765 bits per heavy atom. The molecule has 1 heterocycles. The fourth-order valence-corrected chi connectivity index (χ4v) is 5.15. The molecule has 2 nitrogen and oxygen atoms in total. The monoisotopic (exact) mass is 455 g/mol. The van der Waals surface area contributed by atoms with E-state index in [2.05, 4.69) is 102 Å². The van der Waals surface area contributed by atoms with E-state index in [1.165, 1.54) is 46.7 Å². The SMILES string of the molecule is CCCCCC(C)(C)c1cc(C)c(O)c(-n2c3ccc(C)cc3c3cc(C(C)(C)C)ccc32)c1. The summed E-state index contributed by atoms with van der Waals surface area (Å²) >= 11 is 0. The number of aromatic nitrogens is 1. The van der Waals surface area contributed by atoms with Gasteiger partial charge in [0, 0.05) is 10.8 Å². The molecule has 0 unspecified atom stereocenters. The van der Waals surface area contributed by atoms with Crippen LogP contribution in [0.5, 0.6) is 5.75 Å². The van der Waals surface area contributed by atoms with E-state index in [1.54, 1.807) is 0 Å². The van der Waals surface area contributed by atoms with Crippen LogP contribution in [0.15, 0.2) is 48.5 Å². The van der Waals surface area contributed by atoms with Crippen LogP contribution in [0.3, 0.4) is 0 Å². The molecule has 0 spiro atoms. The molecule has 0 amide bonds. The lowest BCUT2D eigenvalue weighted by Crippen LogP contribution is -2.18. The molecule has 3 aromatic carbocycles. The van der Waals surface area contributed by atoms with Crippen molar-refractivity contribution in [2.24, 2.45) is 0 Å². The predicted octanol–water partition coefficient (Wildman–Crippen LogP) is 9.26. The van der Waals surface area contributed by atoms with Crippen LogP contribution < -0.4 is 0 Å². The minimum atomic E-state index is 0.0527. The van der Waals surface area contributed by atoms with E-state index in [1.807, 2.05) is 6.92 Å². The first-order valence-electron chi connectivity index (χ1n) is 12.8. The third-order valence-electron chi connectivity index (χ3n) is 7.49. The van der Waals surface area contributed by atoms with E-state index in [-0.39, 0.29) is 10.8 Å². The van der Waals surface area contributed by atoms with Gasteiger partial charge >= 0.3 is 0 Å². The summed E-state index contributed by atoms with van der Waals surface area (Å²) in [5.74, 6) is 0.368. The molecule has 4 rings (SSSR count). The molecule has 0 bridgehead atoms. The number of phenols is 1. The zero-order valence-electron chi connectivity index (χ0n) is 22.3. The van der Waals surface area contributed by atoms with E-state index in [0.717, 1.165) is 28.7 Å². The van der Waals surface area contributed by atoms with E-state index < -0.39 is 0 Å². The second-order valence-electron chi connectivity index (χ2n) is 11.8. The molecule has 0 atom stereocenters. The van der Waals surface area contributed by atoms with Gasteiger partial charge in [0.15, 0.2) is 0 Å². The number of rotatable bonds is 6. The number of benzene rings is 3. The molecule has 34 heavy (non-hydrogen) atoms. The molecule has 1 aromatic heterocycles. The Balaban J connectivity index is 2.00. The topological polar surface area (TPSA) is 25.2 Å². The third kappa shape index (κ3) is 4.35. The summed E-state index contributed by atoms with van der Waals surface area (Å²) in [4.78, 5) is 0. The van der Waals surface area contributed by atoms with Gasteiger partial charge < -0.3 is 9.67 Å². The number of hydrogen-bond acceptors (Lipinski definition) is 1. The van der Waals surface area contributed by atoms with Crippen LogP contribution in [0.25, 0.3) is 27.5 Å². The number of hydrogen-bond donors (Lipinski definition) is 1. The predicted molar refractivity (Wildman–Crippen MR) is 148 cm³/mol. The molecule has 180 valence electrons. The average molecular weight is 456 g/mol. The Morgan fingerprint density at radius 2 is 1.41 bits per heavy atom. The normalized spacial score (nSPS) is 12.7. The number of fused-ring (bicyclic) bond motifs is 3. The molecule has 0 aliphatic heterocycles. The maximum absolute atomic E-state index is 11.3. The third-order valence-corrected chi connectivity index (χ3v) is 7.49. The Hall–Kier alpha value is -2.74. The van der Waals surface area contributed by atoms with Gasteiger partial charge in [-0.2, -0.15) is 0 Å². The standard InChI is InChI=1S/C32H41NO/c1-9-10-11-16-32(7,8)24-18-22(3)30(34)29(20-24)33-27-14-12-21(2)17-25(27)26-19-23(31(4,5)6)13-15-28(26)33/h12-15,17-20,34H,9-11,16H2,1-8H3. The summed E-state index contributed by atoms with van der Waals surface area (Å²) in [7, 11) is 0. The van der Waals surface area contributed by atoms with Gasteiger partial charge in [0.05, 0.1) is 16.7 Å². The lowest BCUT2D eigenvalue weighted by atomic mass is 9.79. The van der Waals surface area contributed by atoms with Gasteiger partial charge in [0.1, 0.15) is 5.75 Å². The molecular formula is C32H41NO. The van der Waals surface area contributed by atoms with E-state index in [9.17, 15) is 5.11 Å². The molecule has 0 saturated carbocycles. The van der Waals surface area contributed by atoms with Crippen LogP contribution in [-0.4, -0.2) is 9.67 Å². The molecule has 0 aliphatic carbocycles. The second kappa shape index (κ2) is 8.80. The number of nitrogens with zero attached hydrogens (tertiary/aromatic N) is 1. The van der Waals surface area contributed by atoms with Gasteiger partial charge in [-0.3, -0.25) is 0 Å². The van der Waals surface area contributed by atoms with Crippen molar-refractivity contribution >= 4 is 21.8 Å². The van der Waals surface area contributed by atoms with Crippen molar-refractivity contribution in [3.8, 4) is 11.4 Å². The molecule has 0 aliphatic rings. The lowest BCUT2D eigenvalue weighted by Gasteiger charge is -2.27. The Bertz CT molecular complexity index is 1350. The largest absolute Gasteiger partial charge is 0.505 e. The van der Waals surface area contributed by atoms with Crippen LogP contribution in [0.1, 0.15) is 89.5 Å². The molecule has 0 saturated heterocycles. The number of phenolic OH excluding ortho intramolecular Hbond substituents is 1. The highest BCUT2D eigenvalue weighted by Crippen LogP contribution is 2.41. The Kier molecular flexibility index (Phi) is 6.31. The van der Waals surface area contributed by atoms with Crippen LogP contribution >= 0.6 is 0 Å². The quantitative estimate of drug-likeness (QED) is 0.288. The minimum absolute atomic E-state index is 0.0527. The summed E-state index contributed by atoms with van der Waals surface area (Å²) in [5.41, 5.74) is 8.10. The smallest absolute Gasteiger partial charge is 0.142 e. The fourth-order valence-electron chi connectivity index (χ4n) is 5.15. The fraction of sp³-hybridized carbons (Fsp3) is 0.438. The van der Waals surface area contributed by atoms with Crippen molar-refractivity contribution in [3.63, 3.8) is 0 Å². The summed E-state index contributed by atoms with van der Waals surface area (Å²) in [6, 6.07) is 17.9. The van der Waals surface area contributed by atoms with E-state index >= 15 is 0 Å². The van der Waals surface area contributed by atoms with Crippen molar-refractivity contribution in [1.29, 1.82) is 0 Å². The Morgan fingerprint density at radius 3 is 2.06 bits per heavy atom. The highest BCUT2D eigenvalue weighted by atomic mass is 16.3. The van der Waals surface area contributed by atoms with Gasteiger partial charge in [0.25, 0.3) is 0 Å². The summed E-state index contributed by atoms with van der Waals surface area (Å²) in [6.45, 7) is 17.9. The molecule has 2 heteroatoms. The maximum atomic E-state index is 11.3. The average Bonchev–Trinajstić information content (AvgIpc) is 3.08. The van der Waals surface area contributed by atoms with Gasteiger partial charge in [-0.25, -0.2) is 0 Å². The van der Waals surface area contributed by atoms with Crippen molar-refractivity contribution in [3.05, 3.63) is 70.8 Å².